The minimum atomic E-state index is -0.894. The van der Waals surface area contributed by atoms with E-state index < -0.39 is 11.4 Å². The highest BCUT2D eigenvalue weighted by atomic mass is 32.2. The van der Waals surface area contributed by atoms with Crippen molar-refractivity contribution in [3.63, 3.8) is 0 Å². The first kappa shape index (κ1) is 16.0. The number of amides is 1. The van der Waals surface area contributed by atoms with E-state index in [9.17, 15) is 4.79 Å². The van der Waals surface area contributed by atoms with Gasteiger partial charge in [0.1, 0.15) is 5.54 Å². The fourth-order valence-corrected chi connectivity index (χ4v) is 2.97. The summed E-state index contributed by atoms with van der Waals surface area (Å²) in [6.07, 6.45) is 0. The van der Waals surface area contributed by atoms with Gasteiger partial charge in [0.25, 0.3) is 0 Å². The first-order valence-corrected chi connectivity index (χ1v) is 7.50. The van der Waals surface area contributed by atoms with Crippen molar-refractivity contribution in [2.24, 2.45) is 5.73 Å². The second-order valence-electron chi connectivity index (χ2n) is 4.71. The van der Waals surface area contributed by atoms with Crippen molar-refractivity contribution in [3.05, 3.63) is 35.9 Å². The van der Waals surface area contributed by atoms with Crippen molar-refractivity contribution in [1.82, 2.24) is 5.32 Å². The van der Waals surface area contributed by atoms with Gasteiger partial charge in [-0.25, -0.2) is 0 Å². The Hall–Kier alpha value is -1.04. The summed E-state index contributed by atoms with van der Waals surface area (Å²) in [4.78, 5) is 12.0. The number of aliphatic hydroxyl groups excluding tert-OH is 1. The molecule has 0 aromatic heterocycles. The molecule has 1 aromatic rings. The summed E-state index contributed by atoms with van der Waals surface area (Å²) in [6.45, 7) is 4.06. The molecule has 106 valence electrons. The predicted octanol–water partition coefficient (Wildman–Crippen LogP) is 1.09. The number of benzene rings is 1. The van der Waals surface area contributed by atoms with Gasteiger partial charge in [0.15, 0.2) is 0 Å². The van der Waals surface area contributed by atoms with Crippen LogP contribution in [0, 0.1) is 0 Å². The van der Waals surface area contributed by atoms with E-state index in [1.165, 1.54) is 11.8 Å². The van der Waals surface area contributed by atoms with Gasteiger partial charge in [0.05, 0.1) is 6.61 Å². The predicted molar refractivity (Wildman–Crippen MR) is 80.0 cm³/mol. The van der Waals surface area contributed by atoms with Crippen LogP contribution in [0.2, 0.25) is 0 Å². The molecule has 19 heavy (non-hydrogen) atoms. The fraction of sp³-hybridized carbons (Fsp3) is 0.500. The van der Waals surface area contributed by atoms with Gasteiger partial charge < -0.3 is 10.8 Å². The molecule has 0 radical (unpaired) electrons. The molecule has 1 rings (SSSR count). The summed E-state index contributed by atoms with van der Waals surface area (Å²) in [5.74, 6) is 0.699. The number of rotatable bonds is 8. The summed E-state index contributed by atoms with van der Waals surface area (Å²) < 4.78 is 0. The van der Waals surface area contributed by atoms with E-state index in [4.69, 9.17) is 10.8 Å². The molecule has 0 saturated carbocycles. The van der Waals surface area contributed by atoms with Crippen LogP contribution in [0.5, 0.6) is 0 Å². The number of hydrogen-bond acceptors (Lipinski definition) is 4. The molecule has 0 bridgehead atoms. The Labute approximate surface area is 118 Å². The van der Waals surface area contributed by atoms with Gasteiger partial charge in [-0.3, -0.25) is 10.1 Å². The third-order valence-electron chi connectivity index (χ3n) is 2.78. The van der Waals surface area contributed by atoms with Crippen LogP contribution in [0.1, 0.15) is 19.4 Å². The van der Waals surface area contributed by atoms with Gasteiger partial charge in [-0.15, -0.1) is 0 Å². The molecular weight excluding hydrogens is 260 g/mol. The quantitative estimate of drug-likeness (QED) is 0.624. The van der Waals surface area contributed by atoms with Gasteiger partial charge in [-0.05, 0) is 19.4 Å². The highest BCUT2D eigenvalue weighted by molar-refractivity contribution is 7.99. The van der Waals surface area contributed by atoms with Crippen molar-refractivity contribution in [3.8, 4) is 0 Å². The molecule has 0 aliphatic heterocycles. The molecule has 0 aliphatic rings. The molecule has 0 spiro atoms. The molecule has 0 aliphatic carbocycles. The van der Waals surface area contributed by atoms with Gasteiger partial charge in [0, 0.05) is 17.5 Å². The van der Waals surface area contributed by atoms with Crippen LogP contribution in [-0.2, 0) is 10.3 Å². The second kappa shape index (κ2) is 7.53. The van der Waals surface area contributed by atoms with Crippen LogP contribution in [0.3, 0.4) is 0 Å². The third-order valence-corrected chi connectivity index (χ3v) is 3.88. The van der Waals surface area contributed by atoms with Gasteiger partial charge >= 0.3 is 0 Å². The van der Waals surface area contributed by atoms with Crippen molar-refractivity contribution in [1.29, 1.82) is 0 Å². The zero-order valence-electron chi connectivity index (χ0n) is 11.4. The van der Waals surface area contributed by atoms with Crippen LogP contribution in [-0.4, -0.2) is 35.2 Å². The van der Waals surface area contributed by atoms with E-state index >= 15 is 0 Å². The van der Waals surface area contributed by atoms with E-state index in [1.807, 2.05) is 44.2 Å². The molecule has 0 heterocycles. The lowest BCUT2D eigenvalue weighted by Gasteiger charge is -2.34. The van der Waals surface area contributed by atoms with Crippen LogP contribution < -0.4 is 11.1 Å². The second-order valence-corrected chi connectivity index (χ2v) is 5.82. The van der Waals surface area contributed by atoms with Crippen molar-refractivity contribution < 1.29 is 9.90 Å². The maximum atomic E-state index is 12.0. The highest BCUT2D eigenvalue weighted by Gasteiger charge is 2.38. The maximum Gasteiger partial charge on any atom is 0.243 e. The Morgan fingerprint density at radius 2 is 2.05 bits per heavy atom. The Kier molecular flexibility index (Phi) is 6.34. The molecule has 5 heteroatoms. The highest BCUT2D eigenvalue weighted by Crippen LogP contribution is 2.26. The monoisotopic (exact) mass is 282 g/mol. The number of nitrogens with two attached hydrogens (primary N) is 1. The zero-order valence-corrected chi connectivity index (χ0v) is 12.2. The largest absolute Gasteiger partial charge is 0.396 e. The first-order chi connectivity index (χ1) is 9.03. The Morgan fingerprint density at radius 3 is 2.53 bits per heavy atom. The summed E-state index contributed by atoms with van der Waals surface area (Å²) in [7, 11) is 0. The lowest BCUT2D eigenvalue weighted by atomic mass is 9.90. The molecule has 1 amide bonds. The molecular formula is C14H22N2O2S. The molecule has 0 fully saturated rings. The van der Waals surface area contributed by atoms with Gasteiger partial charge in [-0.1, -0.05) is 30.3 Å². The van der Waals surface area contributed by atoms with Crippen molar-refractivity contribution in [2.75, 3.05) is 18.1 Å². The summed E-state index contributed by atoms with van der Waals surface area (Å²) in [5, 5.41) is 12.2. The van der Waals surface area contributed by atoms with Crippen molar-refractivity contribution >= 4 is 17.7 Å². The normalized spacial score (nSPS) is 14.3. The summed E-state index contributed by atoms with van der Waals surface area (Å²) in [5.41, 5.74) is 5.63. The fourth-order valence-electron chi connectivity index (χ4n) is 2.00. The molecule has 1 unspecified atom stereocenters. The molecule has 0 saturated heterocycles. The number of primary amides is 1. The van der Waals surface area contributed by atoms with Crippen LogP contribution in [0.4, 0.5) is 0 Å². The average Bonchev–Trinajstić information content (AvgIpc) is 2.38. The van der Waals surface area contributed by atoms with Gasteiger partial charge in [0.2, 0.25) is 5.91 Å². The number of carbonyl (C=O) groups is 1. The van der Waals surface area contributed by atoms with Crippen LogP contribution in [0.25, 0.3) is 0 Å². The molecule has 4 nitrogen and oxygen atoms in total. The first-order valence-electron chi connectivity index (χ1n) is 6.34. The summed E-state index contributed by atoms with van der Waals surface area (Å²) in [6, 6.07) is 9.63. The minimum Gasteiger partial charge on any atom is -0.396 e. The standard InChI is InChI=1S/C14H22N2O2S/c1-11(2)16-14(13(15)18,10-19-9-8-17)12-6-4-3-5-7-12/h3-7,11,16-17H,8-10H2,1-2H3,(H2,15,18). The number of thioether (sulfide) groups is 1. The number of nitrogens with one attached hydrogen (secondary N) is 1. The van der Waals surface area contributed by atoms with E-state index in [-0.39, 0.29) is 12.6 Å². The SMILES string of the molecule is CC(C)NC(CSCCO)(C(N)=O)c1ccccc1. The lowest BCUT2D eigenvalue weighted by Crippen LogP contribution is -2.57. The molecule has 4 N–H and O–H groups in total. The number of carbonyl (C=O) groups excluding carboxylic acids is 1. The van der Waals surface area contributed by atoms with Gasteiger partial charge in [-0.2, -0.15) is 11.8 Å². The third kappa shape index (κ3) is 4.23. The van der Waals surface area contributed by atoms with E-state index in [1.54, 1.807) is 0 Å². The minimum absolute atomic E-state index is 0.0932. The molecule has 1 atom stereocenters. The maximum absolute atomic E-state index is 12.0. The van der Waals surface area contributed by atoms with Crippen molar-refractivity contribution in [2.45, 2.75) is 25.4 Å². The van der Waals surface area contributed by atoms with E-state index in [0.717, 1.165) is 5.56 Å². The number of hydrogen-bond donors (Lipinski definition) is 3. The number of aliphatic hydroxyl groups is 1. The Morgan fingerprint density at radius 1 is 1.42 bits per heavy atom. The average molecular weight is 282 g/mol. The molecule has 1 aromatic carbocycles. The Bertz CT molecular complexity index is 398. The van der Waals surface area contributed by atoms with Crippen LogP contribution in [0.15, 0.2) is 30.3 Å². The zero-order chi connectivity index (χ0) is 14.3. The van der Waals surface area contributed by atoms with E-state index in [0.29, 0.717) is 11.5 Å². The smallest absolute Gasteiger partial charge is 0.243 e. The summed E-state index contributed by atoms with van der Waals surface area (Å²) >= 11 is 1.51. The Balaban J connectivity index is 3.08. The van der Waals surface area contributed by atoms with E-state index in [2.05, 4.69) is 5.32 Å². The topological polar surface area (TPSA) is 75.3 Å². The lowest BCUT2D eigenvalue weighted by molar-refractivity contribution is -0.124. The van der Waals surface area contributed by atoms with Crippen LogP contribution >= 0.6 is 11.8 Å².